The molecular weight excluding hydrogens is 253 g/mol. The molecule has 1 amide bonds. The summed E-state index contributed by atoms with van der Waals surface area (Å²) in [6.45, 7) is 4.45. The maximum absolute atomic E-state index is 13.0. The topological polar surface area (TPSA) is 49.3 Å². The number of amides is 1. The predicted octanol–water partition coefficient (Wildman–Crippen LogP) is 2.25. The predicted molar refractivity (Wildman–Crippen MR) is 71.5 cm³/mol. The Kier molecular flexibility index (Phi) is 5.16. The zero-order chi connectivity index (χ0) is 13.8. The molecule has 0 aliphatic rings. The fraction of sp³-hybridized carbons (Fsp3) is 0.462. The van der Waals surface area contributed by atoms with E-state index in [9.17, 15) is 9.18 Å². The van der Waals surface area contributed by atoms with Gasteiger partial charge in [-0.25, -0.2) is 4.39 Å². The quantitative estimate of drug-likeness (QED) is 0.719. The first-order valence-electron chi connectivity index (χ1n) is 5.73. The summed E-state index contributed by atoms with van der Waals surface area (Å²) in [5.74, 6) is -0.716. The van der Waals surface area contributed by atoms with E-state index in [-0.39, 0.29) is 22.8 Å². The van der Waals surface area contributed by atoms with E-state index in [4.69, 9.17) is 5.11 Å². The molecule has 0 heterocycles. The average molecular weight is 271 g/mol. The zero-order valence-electron chi connectivity index (χ0n) is 10.5. The van der Waals surface area contributed by atoms with E-state index in [1.807, 2.05) is 13.8 Å². The largest absolute Gasteiger partial charge is 0.396 e. The molecule has 0 saturated heterocycles. The lowest BCUT2D eigenvalue weighted by Crippen LogP contribution is -2.34. The number of nitrogens with one attached hydrogen (secondary N) is 1. The minimum Gasteiger partial charge on any atom is -0.396 e. The molecule has 100 valence electrons. The molecule has 0 aromatic heterocycles. The van der Waals surface area contributed by atoms with Gasteiger partial charge in [-0.05, 0) is 30.0 Å². The van der Waals surface area contributed by atoms with E-state index in [0.717, 1.165) is 0 Å². The molecule has 0 spiro atoms. The van der Waals surface area contributed by atoms with Crippen LogP contribution in [-0.4, -0.2) is 24.2 Å². The van der Waals surface area contributed by atoms with Crippen molar-refractivity contribution in [1.82, 2.24) is 5.32 Å². The van der Waals surface area contributed by atoms with Crippen molar-refractivity contribution in [1.29, 1.82) is 0 Å². The Balaban J connectivity index is 2.63. The summed E-state index contributed by atoms with van der Waals surface area (Å²) in [5.41, 5.74) is 0.204. The summed E-state index contributed by atoms with van der Waals surface area (Å²) in [6.07, 6.45) is 0.606. The van der Waals surface area contributed by atoms with Crippen LogP contribution >= 0.6 is 12.6 Å². The number of halogens is 1. The molecule has 0 atom stereocenters. The van der Waals surface area contributed by atoms with E-state index < -0.39 is 5.82 Å². The first-order chi connectivity index (χ1) is 8.35. The van der Waals surface area contributed by atoms with Gasteiger partial charge in [0.05, 0.1) is 0 Å². The smallest absolute Gasteiger partial charge is 0.251 e. The Morgan fingerprint density at radius 1 is 1.50 bits per heavy atom. The Morgan fingerprint density at radius 3 is 2.72 bits per heavy atom. The Hall–Kier alpha value is -1.07. The summed E-state index contributed by atoms with van der Waals surface area (Å²) in [6, 6.07) is 4.03. The minimum atomic E-state index is -0.449. The monoisotopic (exact) mass is 271 g/mol. The lowest BCUT2D eigenvalue weighted by atomic mass is 9.89. The number of rotatable bonds is 5. The number of aliphatic hydroxyl groups is 1. The maximum Gasteiger partial charge on any atom is 0.251 e. The van der Waals surface area contributed by atoms with Crippen molar-refractivity contribution >= 4 is 18.5 Å². The second-order valence-corrected chi connectivity index (χ2v) is 5.47. The van der Waals surface area contributed by atoms with E-state index in [2.05, 4.69) is 17.9 Å². The SMILES string of the molecule is CC(C)(CCO)CNC(=O)c1ccc(F)c(S)c1. The summed E-state index contributed by atoms with van der Waals surface area (Å²) < 4.78 is 13.0. The number of carbonyl (C=O) groups excluding carboxylic acids is 1. The minimum absolute atomic E-state index is 0.0835. The number of carbonyl (C=O) groups is 1. The highest BCUT2D eigenvalue weighted by Gasteiger charge is 2.18. The number of hydrogen-bond donors (Lipinski definition) is 3. The number of benzene rings is 1. The molecule has 2 N–H and O–H groups in total. The number of hydrogen-bond acceptors (Lipinski definition) is 3. The second kappa shape index (κ2) is 6.20. The standard InChI is InChI=1S/C13H18FNO2S/c1-13(2,5-6-16)8-15-12(17)9-3-4-10(14)11(18)7-9/h3-4,7,16,18H,5-6,8H2,1-2H3,(H,15,17). The molecule has 18 heavy (non-hydrogen) atoms. The first kappa shape index (κ1) is 15.0. The fourth-order valence-corrected chi connectivity index (χ4v) is 1.68. The third-order valence-electron chi connectivity index (χ3n) is 2.72. The Morgan fingerprint density at radius 2 is 2.17 bits per heavy atom. The lowest BCUT2D eigenvalue weighted by molar-refractivity contribution is 0.0928. The Bertz CT molecular complexity index is 435. The Labute approximate surface area is 112 Å². The van der Waals surface area contributed by atoms with Gasteiger partial charge in [0.25, 0.3) is 5.91 Å². The van der Waals surface area contributed by atoms with E-state index in [1.54, 1.807) is 0 Å². The molecule has 5 heteroatoms. The molecule has 3 nitrogen and oxygen atoms in total. The van der Waals surface area contributed by atoms with Crippen LogP contribution in [0.4, 0.5) is 4.39 Å². The fourth-order valence-electron chi connectivity index (χ4n) is 1.47. The molecular formula is C13H18FNO2S. The molecule has 1 aromatic rings. The van der Waals surface area contributed by atoms with Crippen LogP contribution in [0.15, 0.2) is 23.1 Å². The molecule has 0 aliphatic carbocycles. The number of aliphatic hydroxyl groups excluding tert-OH is 1. The highest BCUT2D eigenvalue weighted by atomic mass is 32.1. The summed E-state index contributed by atoms with van der Waals surface area (Å²) >= 11 is 3.93. The maximum atomic E-state index is 13.0. The van der Waals surface area contributed by atoms with E-state index in [1.165, 1.54) is 18.2 Å². The van der Waals surface area contributed by atoms with Gasteiger partial charge in [-0.1, -0.05) is 13.8 Å². The average Bonchev–Trinajstić information content (AvgIpc) is 2.30. The van der Waals surface area contributed by atoms with Crippen LogP contribution in [0.5, 0.6) is 0 Å². The summed E-state index contributed by atoms with van der Waals surface area (Å²) in [7, 11) is 0. The van der Waals surface area contributed by atoms with Crippen LogP contribution in [0.2, 0.25) is 0 Å². The molecule has 0 aliphatic heterocycles. The van der Waals surface area contributed by atoms with Gasteiger partial charge in [0.1, 0.15) is 5.82 Å². The first-order valence-corrected chi connectivity index (χ1v) is 6.18. The molecule has 0 radical (unpaired) electrons. The van der Waals surface area contributed by atoms with Crippen LogP contribution in [0.25, 0.3) is 0 Å². The molecule has 1 rings (SSSR count). The van der Waals surface area contributed by atoms with Crippen LogP contribution in [0.3, 0.4) is 0 Å². The van der Waals surface area contributed by atoms with E-state index >= 15 is 0 Å². The van der Waals surface area contributed by atoms with Crippen molar-refractivity contribution in [3.63, 3.8) is 0 Å². The summed E-state index contributed by atoms with van der Waals surface area (Å²) in [4.78, 5) is 12.0. The van der Waals surface area contributed by atoms with Gasteiger partial charge in [0.15, 0.2) is 0 Å². The van der Waals surface area contributed by atoms with E-state index in [0.29, 0.717) is 18.5 Å². The van der Waals surface area contributed by atoms with Gasteiger partial charge < -0.3 is 10.4 Å². The highest BCUT2D eigenvalue weighted by Crippen LogP contribution is 2.19. The second-order valence-electron chi connectivity index (χ2n) is 4.99. The third kappa shape index (κ3) is 4.31. The van der Waals surface area contributed by atoms with Crippen molar-refractivity contribution in [3.8, 4) is 0 Å². The van der Waals surface area contributed by atoms with Crippen molar-refractivity contribution in [2.75, 3.05) is 13.2 Å². The van der Waals surface area contributed by atoms with Gasteiger partial charge in [-0.2, -0.15) is 0 Å². The van der Waals surface area contributed by atoms with Crippen LogP contribution in [0, 0.1) is 11.2 Å². The lowest BCUT2D eigenvalue weighted by Gasteiger charge is -2.23. The van der Waals surface area contributed by atoms with Crippen molar-refractivity contribution in [3.05, 3.63) is 29.6 Å². The van der Waals surface area contributed by atoms with Gasteiger partial charge in [0.2, 0.25) is 0 Å². The molecule has 0 fully saturated rings. The molecule has 0 unspecified atom stereocenters. The third-order valence-corrected chi connectivity index (χ3v) is 3.07. The molecule has 0 bridgehead atoms. The van der Waals surface area contributed by atoms with Gasteiger partial charge in [-0.3, -0.25) is 4.79 Å². The van der Waals surface area contributed by atoms with Gasteiger partial charge >= 0.3 is 0 Å². The van der Waals surface area contributed by atoms with Crippen LogP contribution in [0.1, 0.15) is 30.6 Å². The molecule has 1 aromatic carbocycles. The normalized spacial score (nSPS) is 11.4. The van der Waals surface area contributed by atoms with Crippen LogP contribution < -0.4 is 5.32 Å². The van der Waals surface area contributed by atoms with Gasteiger partial charge in [-0.15, -0.1) is 12.6 Å². The molecule has 0 saturated carbocycles. The highest BCUT2D eigenvalue weighted by molar-refractivity contribution is 7.80. The van der Waals surface area contributed by atoms with Crippen molar-refractivity contribution in [2.24, 2.45) is 5.41 Å². The van der Waals surface area contributed by atoms with Crippen LogP contribution in [-0.2, 0) is 0 Å². The number of thiol groups is 1. The summed E-state index contributed by atoms with van der Waals surface area (Å²) in [5, 5.41) is 11.7. The van der Waals surface area contributed by atoms with Crippen molar-refractivity contribution < 1.29 is 14.3 Å². The zero-order valence-corrected chi connectivity index (χ0v) is 11.4. The van der Waals surface area contributed by atoms with Gasteiger partial charge in [0, 0.05) is 23.6 Å². The van der Waals surface area contributed by atoms with Crippen molar-refractivity contribution in [2.45, 2.75) is 25.2 Å².